The van der Waals surface area contributed by atoms with Gasteiger partial charge in [-0.3, -0.25) is 9.59 Å². The molecule has 0 radical (unpaired) electrons. The smallest absolute Gasteiger partial charge is 0.251 e. The summed E-state index contributed by atoms with van der Waals surface area (Å²) in [6.07, 6.45) is 2.13. The number of Topliss-reactive ketones (excluding diaryl/α,β-unsaturated/α-hetero) is 1. The highest BCUT2D eigenvalue weighted by atomic mass is 16.2. The molecule has 1 aromatic heterocycles. The number of hydrogen-bond donors (Lipinski definition) is 1. The molecule has 1 atom stereocenters. The highest BCUT2D eigenvalue weighted by Gasteiger charge is 2.23. The standard InChI is InChI=1S/C25H23N5O2/c1-18-21(13-8-14-23(18)30-17-26-28-29-30)16-24(31)22(15-19-9-4-2-5-10-19)27-25(32)20-11-6-3-7-12-20/h2-14,17,22H,15-16H2,1H3,(H,27,32). The Balaban J connectivity index is 1.57. The highest BCUT2D eigenvalue weighted by molar-refractivity contribution is 5.98. The van der Waals surface area contributed by atoms with Gasteiger partial charge < -0.3 is 5.32 Å². The molecular weight excluding hydrogens is 402 g/mol. The van der Waals surface area contributed by atoms with Crippen LogP contribution in [0.3, 0.4) is 0 Å². The van der Waals surface area contributed by atoms with Gasteiger partial charge in [0.15, 0.2) is 5.78 Å². The summed E-state index contributed by atoms with van der Waals surface area (Å²) >= 11 is 0. The van der Waals surface area contributed by atoms with Gasteiger partial charge in [-0.2, -0.15) is 0 Å². The molecule has 1 unspecified atom stereocenters. The van der Waals surface area contributed by atoms with Crippen molar-refractivity contribution >= 4 is 11.7 Å². The van der Waals surface area contributed by atoms with E-state index in [9.17, 15) is 9.59 Å². The van der Waals surface area contributed by atoms with Gasteiger partial charge in [0, 0.05) is 12.0 Å². The van der Waals surface area contributed by atoms with Crippen LogP contribution in [0, 0.1) is 6.92 Å². The van der Waals surface area contributed by atoms with Gasteiger partial charge in [0.2, 0.25) is 0 Å². The lowest BCUT2D eigenvalue weighted by Gasteiger charge is -2.19. The second kappa shape index (κ2) is 9.78. The van der Waals surface area contributed by atoms with E-state index in [1.54, 1.807) is 28.9 Å². The molecule has 0 saturated heterocycles. The van der Waals surface area contributed by atoms with E-state index in [0.717, 1.165) is 22.4 Å². The maximum Gasteiger partial charge on any atom is 0.251 e. The zero-order valence-corrected chi connectivity index (χ0v) is 17.7. The summed E-state index contributed by atoms with van der Waals surface area (Å²) in [4.78, 5) is 26.2. The first-order chi connectivity index (χ1) is 15.6. The minimum atomic E-state index is -0.652. The Labute approximate surface area is 186 Å². The minimum absolute atomic E-state index is 0.0601. The van der Waals surface area contributed by atoms with Crippen molar-refractivity contribution in [2.45, 2.75) is 25.8 Å². The number of hydrogen-bond acceptors (Lipinski definition) is 5. The molecule has 0 spiro atoms. The van der Waals surface area contributed by atoms with Crippen molar-refractivity contribution in [3.05, 3.63) is 107 Å². The van der Waals surface area contributed by atoms with Crippen molar-refractivity contribution in [1.82, 2.24) is 25.5 Å². The van der Waals surface area contributed by atoms with Crippen LogP contribution in [0.5, 0.6) is 0 Å². The van der Waals surface area contributed by atoms with Crippen molar-refractivity contribution in [3.63, 3.8) is 0 Å². The Morgan fingerprint density at radius 3 is 2.34 bits per heavy atom. The van der Waals surface area contributed by atoms with Crippen LogP contribution in [0.2, 0.25) is 0 Å². The second-order valence-electron chi connectivity index (χ2n) is 7.54. The molecule has 0 aliphatic heterocycles. The van der Waals surface area contributed by atoms with E-state index in [2.05, 4.69) is 20.8 Å². The summed E-state index contributed by atoms with van der Waals surface area (Å²) in [5.41, 5.74) is 4.11. The minimum Gasteiger partial charge on any atom is -0.342 e. The van der Waals surface area contributed by atoms with Crippen molar-refractivity contribution in [2.75, 3.05) is 0 Å². The average molecular weight is 425 g/mol. The van der Waals surface area contributed by atoms with Crippen LogP contribution >= 0.6 is 0 Å². The molecule has 32 heavy (non-hydrogen) atoms. The highest BCUT2D eigenvalue weighted by Crippen LogP contribution is 2.19. The SMILES string of the molecule is Cc1c(CC(=O)C(Cc2ccccc2)NC(=O)c2ccccc2)cccc1-n1cnnn1. The van der Waals surface area contributed by atoms with Crippen LogP contribution in [0.25, 0.3) is 5.69 Å². The Hall–Kier alpha value is -4.13. The fraction of sp³-hybridized carbons (Fsp3) is 0.160. The Kier molecular flexibility index (Phi) is 6.46. The van der Waals surface area contributed by atoms with Crippen LogP contribution in [-0.4, -0.2) is 37.9 Å². The number of aromatic nitrogens is 4. The summed E-state index contributed by atoms with van der Waals surface area (Å²) in [7, 11) is 0. The van der Waals surface area contributed by atoms with Crippen LogP contribution in [0.4, 0.5) is 0 Å². The molecule has 7 heteroatoms. The first kappa shape index (κ1) is 21.1. The number of carbonyl (C=O) groups is 2. The third-order valence-electron chi connectivity index (χ3n) is 5.39. The zero-order valence-electron chi connectivity index (χ0n) is 17.7. The zero-order chi connectivity index (χ0) is 22.3. The number of rotatable bonds is 8. The summed E-state index contributed by atoms with van der Waals surface area (Å²) in [6, 6.07) is 23.7. The monoisotopic (exact) mass is 425 g/mol. The maximum absolute atomic E-state index is 13.4. The fourth-order valence-electron chi connectivity index (χ4n) is 3.62. The van der Waals surface area contributed by atoms with E-state index in [-0.39, 0.29) is 18.1 Å². The molecule has 3 aromatic carbocycles. The van der Waals surface area contributed by atoms with E-state index < -0.39 is 6.04 Å². The second-order valence-corrected chi connectivity index (χ2v) is 7.54. The van der Waals surface area contributed by atoms with E-state index in [1.165, 1.54) is 6.33 Å². The number of benzene rings is 3. The number of amides is 1. The fourth-order valence-corrected chi connectivity index (χ4v) is 3.62. The predicted octanol–water partition coefficient (Wildman–Crippen LogP) is 3.12. The molecule has 0 fully saturated rings. The normalized spacial score (nSPS) is 11.7. The molecule has 4 rings (SSSR count). The van der Waals surface area contributed by atoms with Crippen LogP contribution in [-0.2, 0) is 17.6 Å². The molecule has 1 heterocycles. The third kappa shape index (κ3) is 4.95. The lowest BCUT2D eigenvalue weighted by Crippen LogP contribution is -2.43. The van der Waals surface area contributed by atoms with Gasteiger partial charge in [0.05, 0.1) is 11.7 Å². The van der Waals surface area contributed by atoms with Crippen molar-refractivity contribution < 1.29 is 9.59 Å². The Bertz CT molecular complexity index is 1190. The number of tetrazole rings is 1. The van der Waals surface area contributed by atoms with Gasteiger partial charge in [0.25, 0.3) is 5.91 Å². The van der Waals surface area contributed by atoms with Gasteiger partial charge in [-0.15, -0.1) is 5.10 Å². The molecular formula is C25H23N5O2. The average Bonchev–Trinajstić information content (AvgIpc) is 3.36. The van der Waals surface area contributed by atoms with Gasteiger partial charge in [-0.1, -0.05) is 60.7 Å². The number of ketones is 1. The van der Waals surface area contributed by atoms with Crippen molar-refractivity contribution in [3.8, 4) is 5.69 Å². The number of nitrogens with zero attached hydrogens (tertiary/aromatic N) is 4. The van der Waals surface area contributed by atoms with E-state index in [4.69, 9.17) is 0 Å². The van der Waals surface area contributed by atoms with E-state index in [1.807, 2.05) is 61.5 Å². The lowest BCUT2D eigenvalue weighted by molar-refractivity contribution is -0.120. The van der Waals surface area contributed by atoms with Gasteiger partial charge in [0.1, 0.15) is 6.33 Å². The summed E-state index contributed by atoms with van der Waals surface area (Å²) in [5.74, 6) is -0.325. The topological polar surface area (TPSA) is 89.8 Å². The van der Waals surface area contributed by atoms with Gasteiger partial charge in [-0.25, -0.2) is 4.68 Å². The number of carbonyl (C=O) groups excluding carboxylic acids is 2. The first-order valence-electron chi connectivity index (χ1n) is 10.4. The van der Waals surface area contributed by atoms with Gasteiger partial charge >= 0.3 is 0 Å². The third-order valence-corrected chi connectivity index (χ3v) is 5.39. The summed E-state index contributed by atoms with van der Waals surface area (Å²) in [5, 5.41) is 14.3. The molecule has 0 aliphatic carbocycles. The summed E-state index contributed by atoms with van der Waals surface area (Å²) < 4.78 is 1.57. The quantitative estimate of drug-likeness (QED) is 0.468. The van der Waals surface area contributed by atoms with Gasteiger partial charge in [-0.05, 0) is 58.7 Å². The molecule has 1 amide bonds. The molecule has 4 aromatic rings. The lowest BCUT2D eigenvalue weighted by atomic mass is 9.95. The van der Waals surface area contributed by atoms with Crippen LogP contribution in [0.15, 0.2) is 85.2 Å². The first-order valence-corrected chi connectivity index (χ1v) is 10.4. The molecule has 0 saturated carbocycles. The largest absolute Gasteiger partial charge is 0.342 e. The van der Waals surface area contributed by atoms with Crippen LogP contribution in [0.1, 0.15) is 27.0 Å². The molecule has 0 bridgehead atoms. The molecule has 7 nitrogen and oxygen atoms in total. The number of nitrogens with one attached hydrogen (secondary N) is 1. The Morgan fingerprint density at radius 1 is 0.938 bits per heavy atom. The predicted molar refractivity (Wildman–Crippen MR) is 120 cm³/mol. The van der Waals surface area contributed by atoms with E-state index in [0.29, 0.717) is 12.0 Å². The Morgan fingerprint density at radius 2 is 1.66 bits per heavy atom. The van der Waals surface area contributed by atoms with Crippen molar-refractivity contribution in [2.24, 2.45) is 0 Å². The van der Waals surface area contributed by atoms with Crippen LogP contribution < -0.4 is 5.32 Å². The molecule has 160 valence electrons. The maximum atomic E-state index is 13.4. The summed E-state index contributed by atoms with van der Waals surface area (Å²) in [6.45, 7) is 1.94. The molecule has 1 N–H and O–H groups in total. The molecule has 0 aliphatic rings. The van der Waals surface area contributed by atoms with Crippen molar-refractivity contribution in [1.29, 1.82) is 0 Å². The van der Waals surface area contributed by atoms with E-state index >= 15 is 0 Å².